The minimum absolute atomic E-state index is 0.0365. The van der Waals surface area contributed by atoms with Crippen LogP contribution in [0.15, 0.2) is 23.4 Å². The Balaban J connectivity index is 2.76. The molecule has 1 unspecified atom stereocenters. The highest BCUT2D eigenvalue weighted by Crippen LogP contribution is 2.09. The number of amides is 1. The first-order valence-corrected chi connectivity index (χ1v) is 6.64. The van der Waals surface area contributed by atoms with Gasteiger partial charge in [0.05, 0.1) is 6.04 Å². The van der Waals surface area contributed by atoms with Crippen molar-refractivity contribution in [1.82, 2.24) is 10.2 Å². The molecule has 21 heavy (non-hydrogen) atoms. The zero-order valence-corrected chi connectivity index (χ0v) is 12.4. The first-order chi connectivity index (χ1) is 9.88. The quantitative estimate of drug-likeness (QED) is 0.314. The van der Waals surface area contributed by atoms with E-state index < -0.39 is 5.82 Å². The molecule has 4 N–H and O–H groups in total. The Bertz CT molecular complexity index is 534. The van der Waals surface area contributed by atoms with E-state index in [2.05, 4.69) is 10.5 Å². The van der Waals surface area contributed by atoms with Gasteiger partial charge < -0.3 is 21.2 Å². The molecule has 0 saturated carbocycles. The van der Waals surface area contributed by atoms with Crippen LogP contribution >= 0.6 is 0 Å². The smallest absolute Gasteiger partial charge is 0.239 e. The second-order valence-corrected chi connectivity index (χ2v) is 4.79. The van der Waals surface area contributed by atoms with Crippen molar-refractivity contribution in [3.8, 4) is 0 Å². The van der Waals surface area contributed by atoms with E-state index in [4.69, 9.17) is 10.9 Å². The van der Waals surface area contributed by atoms with E-state index in [1.54, 1.807) is 24.9 Å². The van der Waals surface area contributed by atoms with Crippen LogP contribution in [0.25, 0.3) is 0 Å². The van der Waals surface area contributed by atoms with Crippen molar-refractivity contribution in [2.75, 3.05) is 13.6 Å². The van der Waals surface area contributed by atoms with Crippen LogP contribution in [0.5, 0.6) is 0 Å². The predicted octanol–water partition coefficient (Wildman–Crippen LogP) is 0.877. The summed E-state index contributed by atoms with van der Waals surface area (Å²) in [6.07, 6.45) is 0. The molecule has 116 valence electrons. The lowest BCUT2D eigenvalue weighted by atomic mass is 10.1. The van der Waals surface area contributed by atoms with Crippen LogP contribution in [0.4, 0.5) is 4.39 Å². The van der Waals surface area contributed by atoms with Gasteiger partial charge in [-0.15, -0.1) is 0 Å². The molecule has 7 heteroatoms. The molecule has 0 saturated heterocycles. The van der Waals surface area contributed by atoms with E-state index in [0.717, 1.165) is 0 Å². The van der Waals surface area contributed by atoms with Gasteiger partial charge in [0.2, 0.25) is 5.91 Å². The van der Waals surface area contributed by atoms with Crippen molar-refractivity contribution in [2.45, 2.75) is 26.4 Å². The molecule has 0 aliphatic heterocycles. The summed E-state index contributed by atoms with van der Waals surface area (Å²) in [4.78, 5) is 13.5. The van der Waals surface area contributed by atoms with Gasteiger partial charge in [-0.25, -0.2) is 4.39 Å². The minimum Gasteiger partial charge on any atom is -0.409 e. The van der Waals surface area contributed by atoms with Gasteiger partial charge in [0.25, 0.3) is 0 Å². The standard InChI is InChI=1S/C14H21FN4O2/c1-4-19(3)14(20)9(2)17-8-10-5-11(13(16)18-21)7-12(15)6-10/h5-7,9,17,21H,4,8H2,1-3H3,(H2,16,18). The van der Waals surface area contributed by atoms with Crippen LogP contribution in [0.1, 0.15) is 25.0 Å². The van der Waals surface area contributed by atoms with Crippen LogP contribution in [-0.2, 0) is 11.3 Å². The number of hydrogen-bond acceptors (Lipinski definition) is 4. The van der Waals surface area contributed by atoms with Crippen LogP contribution in [-0.4, -0.2) is 41.5 Å². The van der Waals surface area contributed by atoms with Crippen molar-refractivity contribution in [2.24, 2.45) is 10.9 Å². The normalized spacial score (nSPS) is 13.0. The number of likely N-dealkylation sites (N-methyl/N-ethyl adjacent to an activating group) is 1. The number of oxime groups is 1. The van der Waals surface area contributed by atoms with Crippen LogP contribution in [0, 0.1) is 5.82 Å². The predicted molar refractivity (Wildman–Crippen MR) is 78.5 cm³/mol. The third-order valence-electron chi connectivity index (χ3n) is 3.19. The van der Waals surface area contributed by atoms with Crippen LogP contribution in [0.2, 0.25) is 0 Å². The van der Waals surface area contributed by atoms with E-state index in [9.17, 15) is 9.18 Å². The van der Waals surface area contributed by atoms with E-state index in [1.165, 1.54) is 12.1 Å². The fourth-order valence-corrected chi connectivity index (χ4v) is 1.80. The van der Waals surface area contributed by atoms with Gasteiger partial charge in [-0.1, -0.05) is 5.16 Å². The molecule has 0 radical (unpaired) electrons. The molecule has 1 aromatic carbocycles. The summed E-state index contributed by atoms with van der Waals surface area (Å²) in [7, 11) is 1.72. The molecule has 0 bridgehead atoms. The number of carbonyl (C=O) groups excluding carboxylic acids is 1. The fourth-order valence-electron chi connectivity index (χ4n) is 1.80. The summed E-state index contributed by atoms with van der Waals surface area (Å²) in [5.41, 5.74) is 6.34. The molecule has 1 rings (SSSR count). The molecule has 1 aromatic rings. The van der Waals surface area contributed by atoms with E-state index >= 15 is 0 Å². The highest BCUT2D eigenvalue weighted by Gasteiger charge is 2.15. The Labute approximate surface area is 123 Å². The molecule has 0 heterocycles. The molecular formula is C14H21FN4O2. The Kier molecular flexibility index (Phi) is 6.10. The summed E-state index contributed by atoms with van der Waals surface area (Å²) in [5.74, 6) is -0.684. The largest absolute Gasteiger partial charge is 0.409 e. The second-order valence-electron chi connectivity index (χ2n) is 4.79. The Morgan fingerprint density at radius 2 is 2.19 bits per heavy atom. The maximum absolute atomic E-state index is 13.5. The molecule has 0 spiro atoms. The number of carbonyl (C=O) groups is 1. The third kappa shape index (κ3) is 4.71. The van der Waals surface area contributed by atoms with E-state index in [-0.39, 0.29) is 17.8 Å². The van der Waals surface area contributed by atoms with Crippen molar-refractivity contribution >= 4 is 11.7 Å². The molecule has 0 aromatic heterocycles. The molecule has 0 aliphatic rings. The summed E-state index contributed by atoms with van der Waals surface area (Å²) >= 11 is 0. The Morgan fingerprint density at radius 3 is 2.76 bits per heavy atom. The fraction of sp³-hybridized carbons (Fsp3) is 0.429. The number of hydrogen-bond donors (Lipinski definition) is 3. The monoisotopic (exact) mass is 296 g/mol. The molecule has 0 aliphatic carbocycles. The first-order valence-electron chi connectivity index (χ1n) is 6.64. The molecule has 1 amide bonds. The van der Waals surface area contributed by atoms with Crippen LogP contribution in [0.3, 0.4) is 0 Å². The van der Waals surface area contributed by atoms with Gasteiger partial charge in [-0.3, -0.25) is 4.79 Å². The average molecular weight is 296 g/mol. The molecule has 0 fully saturated rings. The highest BCUT2D eigenvalue weighted by atomic mass is 19.1. The van der Waals surface area contributed by atoms with Crippen molar-refractivity contribution < 1.29 is 14.4 Å². The number of amidine groups is 1. The average Bonchev–Trinajstić information content (AvgIpc) is 2.49. The minimum atomic E-state index is -0.486. The summed E-state index contributed by atoms with van der Waals surface area (Å²) in [5, 5.41) is 14.5. The van der Waals surface area contributed by atoms with Gasteiger partial charge in [-0.2, -0.15) is 0 Å². The lowest BCUT2D eigenvalue weighted by molar-refractivity contribution is -0.131. The SMILES string of the molecule is CCN(C)C(=O)C(C)NCc1cc(F)cc(/C(N)=N/O)c1. The van der Waals surface area contributed by atoms with E-state index in [1.807, 2.05) is 6.92 Å². The zero-order chi connectivity index (χ0) is 16.0. The van der Waals surface area contributed by atoms with Crippen LogP contribution < -0.4 is 11.1 Å². The highest BCUT2D eigenvalue weighted by molar-refractivity contribution is 5.97. The van der Waals surface area contributed by atoms with Gasteiger partial charge in [0, 0.05) is 25.7 Å². The van der Waals surface area contributed by atoms with Gasteiger partial charge in [-0.05, 0) is 37.6 Å². The van der Waals surface area contributed by atoms with Crippen molar-refractivity contribution in [3.05, 3.63) is 35.1 Å². The number of nitrogens with two attached hydrogens (primary N) is 1. The number of nitrogens with one attached hydrogen (secondary N) is 1. The van der Waals surface area contributed by atoms with Gasteiger partial charge in [0.15, 0.2) is 5.84 Å². The molecular weight excluding hydrogens is 275 g/mol. The van der Waals surface area contributed by atoms with Gasteiger partial charge in [0.1, 0.15) is 5.82 Å². The lowest BCUT2D eigenvalue weighted by Gasteiger charge is -2.20. The van der Waals surface area contributed by atoms with Crippen molar-refractivity contribution in [3.63, 3.8) is 0 Å². The summed E-state index contributed by atoms with van der Waals surface area (Å²) < 4.78 is 13.5. The Morgan fingerprint density at radius 1 is 1.52 bits per heavy atom. The number of nitrogens with zero attached hydrogens (tertiary/aromatic N) is 2. The Hall–Kier alpha value is -2.15. The maximum Gasteiger partial charge on any atom is 0.239 e. The first kappa shape index (κ1) is 16.9. The number of halogens is 1. The van der Waals surface area contributed by atoms with Gasteiger partial charge >= 0.3 is 0 Å². The maximum atomic E-state index is 13.5. The second kappa shape index (κ2) is 7.58. The third-order valence-corrected chi connectivity index (χ3v) is 3.19. The van der Waals surface area contributed by atoms with E-state index in [0.29, 0.717) is 24.2 Å². The molecule has 6 nitrogen and oxygen atoms in total. The summed E-state index contributed by atoms with van der Waals surface area (Å²) in [6, 6.07) is 3.73. The molecule has 1 atom stereocenters. The zero-order valence-electron chi connectivity index (χ0n) is 12.4. The number of rotatable bonds is 6. The van der Waals surface area contributed by atoms with Crippen molar-refractivity contribution in [1.29, 1.82) is 0 Å². The topological polar surface area (TPSA) is 91.0 Å². The number of benzene rings is 1. The lowest BCUT2D eigenvalue weighted by Crippen LogP contribution is -2.42. The summed E-state index contributed by atoms with van der Waals surface area (Å²) in [6.45, 7) is 4.56.